The first-order chi connectivity index (χ1) is 8.07. The summed E-state index contributed by atoms with van der Waals surface area (Å²) in [7, 11) is -3.21. The molecule has 17 heavy (non-hydrogen) atoms. The van der Waals surface area contributed by atoms with Crippen molar-refractivity contribution in [2.75, 3.05) is 11.6 Å². The molecule has 0 aliphatic carbocycles. The van der Waals surface area contributed by atoms with Crippen LogP contribution in [0.2, 0.25) is 0 Å². The van der Waals surface area contributed by atoms with Crippen LogP contribution in [0.25, 0.3) is 0 Å². The van der Waals surface area contributed by atoms with Crippen molar-refractivity contribution >= 4 is 15.5 Å². The molecule has 1 heterocycles. The topological polar surface area (TPSA) is 59.3 Å². The van der Waals surface area contributed by atoms with Gasteiger partial charge in [0.1, 0.15) is 0 Å². The molecule has 0 spiro atoms. The Balaban J connectivity index is 2.22. The Hall–Kier alpha value is -1.75. The average Bonchev–Trinajstić information content (AvgIpc) is 2.78. The number of rotatable bonds is 4. The molecule has 0 unspecified atom stereocenters. The van der Waals surface area contributed by atoms with E-state index in [4.69, 9.17) is 4.42 Å². The zero-order chi connectivity index (χ0) is 12.3. The minimum absolute atomic E-state index is 0.309. The first-order valence-corrected chi connectivity index (χ1v) is 7.00. The highest BCUT2D eigenvalue weighted by Gasteiger charge is 2.11. The lowest BCUT2D eigenvalue weighted by Gasteiger charge is -2.09. The van der Waals surface area contributed by atoms with Gasteiger partial charge in [0.05, 0.1) is 23.1 Å². The largest absolute Gasteiger partial charge is 0.472 e. The Morgan fingerprint density at radius 2 is 2.00 bits per heavy atom. The molecule has 90 valence electrons. The number of hydrogen-bond acceptors (Lipinski definition) is 4. The SMILES string of the molecule is CS(=O)(=O)c1ccccc1NCc1ccoc1. The highest BCUT2D eigenvalue weighted by atomic mass is 32.2. The summed E-state index contributed by atoms with van der Waals surface area (Å²) in [5, 5.41) is 3.08. The third-order valence-corrected chi connectivity index (χ3v) is 3.50. The standard InChI is InChI=1S/C12H13NO3S/c1-17(14,15)12-5-3-2-4-11(12)13-8-10-6-7-16-9-10/h2-7,9,13H,8H2,1H3. The van der Waals surface area contributed by atoms with Gasteiger partial charge in [0.25, 0.3) is 0 Å². The van der Waals surface area contributed by atoms with Crippen molar-refractivity contribution in [3.63, 3.8) is 0 Å². The van der Waals surface area contributed by atoms with Gasteiger partial charge in [-0.2, -0.15) is 0 Å². The van der Waals surface area contributed by atoms with Gasteiger partial charge in [-0.1, -0.05) is 12.1 Å². The summed E-state index contributed by atoms with van der Waals surface area (Å²) < 4.78 is 28.1. The van der Waals surface area contributed by atoms with Crippen molar-refractivity contribution in [1.82, 2.24) is 0 Å². The first kappa shape index (κ1) is 11.7. The summed E-state index contributed by atoms with van der Waals surface area (Å²) in [4.78, 5) is 0.309. The van der Waals surface area contributed by atoms with Crippen molar-refractivity contribution in [2.45, 2.75) is 11.4 Å². The highest BCUT2D eigenvalue weighted by Crippen LogP contribution is 2.21. The molecule has 0 bridgehead atoms. The van der Waals surface area contributed by atoms with Crippen LogP contribution in [0.4, 0.5) is 5.69 Å². The highest BCUT2D eigenvalue weighted by molar-refractivity contribution is 7.90. The van der Waals surface area contributed by atoms with Crippen LogP contribution in [0.5, 0.6) is 0 Å². The summed E-state index contributed by atoms with van der Waals surface area (Å²) in [5.41, 5.74) is 1.57. The van der Waals surface area contributed by atoms with Gasteiger partial charge in [-0.15, -0.1) is 0 Å². The molecule has 0 saturated carbocycles. The Morgan fingerprint density at radius 3 is 2.65 bits per heavy atom. The van der Waals surface area contributed by atoms with Crippen molar-refractivity contribution in [3.8, 4) is 0 Å². The Kier molecular flexibility index (Phi) is 3.19. The van der Waals surface area contributed by atoms with E-state index in [0.717, 1.165) is 5.56 Å². The van der Waals surface area contributed by atoms with Crippen LogP contribution in [-0.4, -0.2) is 14.7 Å². The average molecular weight is 251 g/mol. The molecular weight excluding hydrogens is 238 g/mol. The molecule has 0 atom stereocenters. The number of para-hydroxylation sites is 1. The van der Waals surface area contributed by atoms with E-state index >= 15 is 0 Å². The molecule has 0 amide bonds. The number of hydrogen-bond donors (Lipinski definition) is 1. The summed E-state index contributed by atoms with van der Waals surface area (Å²) in [6.07, 6.45) is 4.40. The second-order valence-electron chi connectivity index (χ2n) is 3.75. The summed E-state index contributed by atoms with van der Waals surface area (Å²) >= 11 is 0. The minimum Gasteiger partial charge on any atom is -0.472 e. The maximum atomic E-state index is 11.6. The summed E-state index contributed by atoms with van der Waals surface area (Å²) in [5.74, 6) is 0. The fourth-order valence-corrected chi connectivity index (χ4v) is 2.39. The number of furan rings is 1. The molecule has 4 nitrogen and oxygen atoms in total. The van der Waals surface area contributed by atoms with E-state index < -0.39 is 9.84 Å². The number of nitrogens with one attached hydrogen (secondary N) is 1. The van der Waals surface area contributed by atoms with Crippen molar-refractivity contribution in [3.05, 3.63) is 48.4 Å². The van der Waals surface area contributed by atoms with Gasteiger partial charge in [-0.25, -0.2) is 8.42 Å². The minimum atomic E-state index is -3.21. The van der Waals surface area contributed by atoms with Crippen LogP contribution >= 0.6 is 0 Å². The molecular formula is C12H13NO3S. The normalized spacial score (nSPS) is 11.4. The number of benzene rings is 1. The van der Waals surface area contributed by atoms with Crippen LogP contribution in [0, 0.1) is 0 Å². The molecule has 0 aliphatic heterocycles. The van der Waals surface area contributed by atoms with Gasteiger partial charge >= 0.3 is 0 Å². The Labute approximate surface area is 100 Å². The molecule has 1 aromatic heterocycles. The second kappa shape index (κ2) is 4.63. The van der Waals surface area contributed by atoms with Crippen LogP contribution < -0.4 is 5.32 Å². The van der Waals surface area contributed by atoms with Gasteiger partial charge in [0.2, 0.25) is 0 Å². The Bertz CT molecular complexity index is 588. The number of anilines is 1. The molecule has 0 fully saturated rings. The zero-order valence-electron chi connectivity index (χ0n) is 9.38. The van der Waals surface area contributed by atoms with Gasteiger partial charge in [-0.3, -0.25) is 0 Å². The van der Waals surface area contributed by atoms with Gasteiger partial charge in [-0.05, 0) is 18.2 Å². The molecule has 0 saturated heterocycles. The van der Waals surface area contributed by atoms with E-state index in [1.165, 1.54) is 6.26 Å². The fourth-order valence-electron chi connectivity index (χ4n) is 1.53. The molecule has 5 heteroatoms. The van der Waals surface area contributed by atoms with Crippen molar-refractivity contribution in [1.29, 1.82) is 0 Å². The summed E-state index contributed by atoms with van der Waals surface area (Å²) in [6, 6.07) is 8.67. The van der Waals surface area contributed by atoms with Crippen LogP contribution in [-0.2, 0) is 16.4 Å². The van der Waals surface area contributed by atoms with E-state index in [1.807, 2.05) is 6.07 Å². The molecule has 0 aliphatic rings. The van der Waals surface area contributed by atoms with E-state index in [0.29, 0.717) is 17.1 Å². The quantitative estimate of drug-likeness (QED) is 0.905. The molecule has 2 aromatic rings. The van der Waals surface area contributed by atoms with Crippen molar-refractivity contribution < 1.29 is 12.8 Å². The maximum Gasteiger partial charge on any atom is 0.177 e. The fraction of sp³-hybridized carbons (Fsp3) is 0.167. The molecule has 1 aromatic carbocycles. The van der Waals surface area contributed by atoms with Crippen LogP contribution in [0.1, 0.15) is 5.56 Å². The van der Waals surface area contributed by atoms with Crippen LogP contribution in [0.3, 0.4) is 0 Å². The second-order valence-corrected chi connectivity index (χ2v) is 5.74. The zero-order valence-corrected chi connectivity index (χ0v) is 10.2. The lowest BCUT2D eigenvalue weighted by atomic mass is 10.3. The Morgan fingerprint density at radius 1 is 1.24 bits per heavy atom. The first-order valence-electron chi connectivity index (χ1n) is 5.11. The molecule has 2 rings (SSSR count). The van der Waals surface area contributed by atoms with E-state index in [-0.39, 0.29) is 0 Å². The molecule has 1 N–H and O–H groups in total. The van der Waals surface area contributed by atoms with E-state index in [9.17, 15) is 8.42 Å². The third kappa shape index (κ3) is 2.88. The lowest BCUT2D eigenvalue weighted by molar-refractivity contribution is 0.564. The van der Waals surface area contributed by atoms with Gasteiger partial charge < -0.3 is 9.73 Å². The van der Waals surface area contributed by atoms with Crippen LogP contribution in [0.15, 0.2) is 52.2 Å². The molecule has 0 radical (unpaired) electrons. The van der Waals surface area contributed by atoms with Crippen molar-refractivity contribution in [2.24, 2.45) is 0 Å². The predicted molar refractivity (Wildman–Crippen MR) is 65.6 cm³/mol. The predicted octanol–water partition coefficient (Wildman–Crippen LogP) is 2.30. The van der Waals surface area contributed by atoms with Gasteiger partial charge in [0, 0.05) is 18.4 Å². The monoisotopic (exact) mass is 251 g/mol. The lowest BCUT2D eigenvalue weighted by Crippen LogP contribution is -2.05. The maximum absolute atomic E-state index is 11.6. The summed E-state index contributed by atoms with van der Waals surface area (Å²) in [6.45, 7) is 0.531. The number of sulfone groups is 1. The third-order valence-electron chi connectivity index (χ3n) is 2.35. The smallest absolute Gasteiger partial charge is 0.177 e. The van der Waals surface area contributed by atoms with E-state index in [2.05, 4.69) is 5.32 Å². The van der Waals surface area contributed by atoms with E-state index in [1.54, 1.807) is 36.8 Å². The van der Waals surface area contributed by atoms with Gasteiger partial charge in [0.15, 0.2) is 9.84 Å².